The first-order valence-corrected chi connectivity index (χ1v) is 6.27. The molecule has 0 spiro atoms. The molecule has 1 saturated heterocycles. The summed E-state index contributed by atoms with van der Waals surface area (Å²) in [6, 6.07) is 0.130. The van der Waals surface area contributed by atoms with Gasteiger partial charge in [-0.3, -0.25) is 4.79 Å². The molecule has 0 radical (unpaired) electrons. The molecule has 0 N–H and O–H groups in total. The maximum absolute atomic E-state index is 12.5. The lowest BCUT2D eigenvalue weighted by atomic mass is 10.0. The van der Waals surface area contributed by atoms with Crippen LogP contribution in [0.25, 0.3) is 0 Å². The largest absolute Gasteiger partial charge is 0.338 e. The van der Waals surface area contributed by atoms with Crippen molar-refractivity contribution in [3.05, 3.63) is 12.4 Å². The molecule has 94 valence electrons. The molecular formula is C12H20N4O. The molecule has 1 aromatic rings. The number of carbonyl (C=O) groups is 1. The minimum Gasteiger partial charge on any atom is -0.338 e. The van der Waals surface area contributed by atoms with Gasteiger partial charge in [-0.15, -0.1) is 5.10 Å². The van der Waals surface area contributed by atoms with Crippen LogP contribution in [0.5, 0.6) is 0 Å². The van der Waals surface area contributed by atoms with Crippen LogP contribution in [0.2, 0.25) is 0 Å². The second-order valence-electron chi connectivity index (χ2n) is 5.09. The highest BCUT2D eigenvalue weighted by Crippen LogP contribution is 2.25. The number of nitrogens with zero attached hydrogens (tertiary/aromatic N) is 4. The Labute approximate surface area is 102 Å². The summed E-state index contributed by atoms with van der Waals surface area (Å²) in [6.45, 7) is 7.08. The first kappa shape index (κ1) is 12.1. The van der Waals surface area contributed by atoms with Crippen LogP contribution in [0, 0.1) is 5.92 Å². The summed E-state index contributed by atoms with van der Waals surface area (Å²) in [5, 5.41) is 7.77. The molecule has 1 fully saturated rings. The third kappa shape index (κ3) is 2.33. The normalized spacial score (nSPS) is 22.1. The summed E-state index contributed by atoms with van der Waals surface area (Å²) in [4.78, 5) is 14.5. The van der Waals surface area contributed by atoms with Crippen LogP contribution in [0.15, 0.2) is 12.4 Å². The molecule has 2 rings (SSSR count). The van der Waals surface area contributed by atoms with E-state index in [1.165, 1.54) is 0 Å². The average Bonchev–Trinajstić information content (AvgIpc) is 2.88. The van der Waals surface area contributed by atoms with E-state index in [4.69, 9.17) is 0 Å². The van der Waals surface area contributed by atoms with E-state index in [-0.39, 0.29) is 17.9 Å². The van der Waals surface area contributed by atoms with E-state index in [1.807, 2.05) is 18.7 Å². The van der Waals surface area contributed by atoms with Crippen molar-refractivity contribution in [1.29, 1.82) is 0 Å². The summed E-state index contributed by atoms with van der Waals surface area (Å²) in [6.07, 6.45) is 5.60. The Kier molecular flexibility index (Phi) is 3.45. The second kappa shape index (κ2) is 4.85. The lowest BCUT2D eigenvalue weighted by molar-refractivity contribution is -0.137. The third-order valence-corrected chi connectivity index (χ3v) is 3.45. The van der Waals surface area contributed by atoms with Crippen molar-refractivity contribution in [3.63, 3.8) is 0 Å². The number of hydrogen-bond acceptors (Lipinski definition) is 3. The zero-order chi connectivity index (χ0) is 12.4. The van der Waals surface area contributed by atoms with Gasteiger partial charge >= 0.3 is 0 Å². The maximum atomic E-state index is 12.5. The smallest absolute Gasteiger partial charge is 0.248 e. The molecule has 0 aromatic carbocycles. The molecule has 0 bridgehead atoms. The number of aromatic nitrogens is 3. The van der Waals surface area contributed by atoms with Gasteiger partial charge in [-0.1, -0.05) is 19.1 Å². The molecule has 0 saturated carbocycles. The van der Waals surface area contributed by atoms with Crippen molar-refractivity contribution in [1.82, 2.24) is 19.9 Å². The van der Waals surface area contributed by atoms with Crippen molar-refractivity contribution in [2.45, 2.75) is 45.7 Å². The van der Waals surface area contributed by atoms with E-state index in [1.54, 1.807) is 17.1 Å². The third-order valence-electron chi connectivity index (χ3n) is 3.45. The predicted molar refractivity (Wildman–Crippen MR) is 64.3 cm³/mol. The van der Waals surface area contributed by atoms with Gasteiger partial charge in [-0.05, 0) is 25.7 Å². The fourth-order valence-electron chi connectivity index (χ4n) is 2.50. The van der Waals surface area contributed by atoms with E-state index in [2.05, 4.69) is 17.2 Å². The van der Waals surface area contributed by atoms with Crippen LogP contribution in [0.1, 0.15) is 39.7 Å². The van der Waals surface area contributed by atoms with Gasteiger partial charge in [0.05, 0.1) is 6.20 Å². The van der Waals surface area contributed by atoms with Crippen molar-refractivity contribution in [2.24, 2.45) is 5.92 Å². The molecule has 1 aliphatic heterocycles. The highest BCUT2D eigenvalue weighted by atomic mass is 16.2. The van der Waals surface area contributed by atoms with Crippen LogP contribution in [0.3, 0.4) is 0 Å². The average molecular weight is 236 g/mol. The first-order valence-electron chi connectivity index (χ1n) is 6.27. The quantitative estimate of drug-likeness (QED) is 0.799. The minimum atomic E-state index is -0.224. The molecule has 1 aromatic heterocycles. The summed E-state index contributed by atoms with van der Waals surface area (Å²) >= 11 is 0. The molecule has 17 heavy (non-hydrogen) atoms. The van der Waals surface area contributed by atoms with Gasteiger partial charge in [-0.25, -0.2) is 4.68 Å². The number of hydrogen-bond donors (Lipinski definition) is 0. The highest BCUT2D eigenvalue weighted by molar-refractivity contribution is 5.81. The van der Waals surface area contributed by atoms with Crippen molar-refractivity contribution >= 4 is 5.91 Å². The number of likely N-dealkylation sites (tertiary alicyclic amines) is 1. The van der Waals surface area contributed by atoms with Crippen LogP contribution in [-0.4, -0.2) is 38.4 Å². The number of carbonyl (C=O) groups excluding carboxylic acids is 1. The lowest BCUT2D eigenvalue weighted by Crippen LogP contribution is -2.41. The number of amides is 1. The zero-order valence-corrected chi connectivity index (χ0v) is 10.7. The van der Waals surface area contributed by atoms with Gasteiger partial charge < -0.3 is 4.90 Å². The fraction of sp³-hybridized carbons (Fsp3) is 0.750. The van der Waals surface area contributed by atoms with Gasteiger partial charge in [0.15, 0.2) is 0 Å². The molecule has 2 atom stereocenters. The summed E-state index contributed by atoms with van der Waals surface area (Å²) in [5.41, 5.74) is 0. The summed E-state index contributed by atoms with van der Waals surface area (Å²) in [7, 11) is 0. The minimum absolute atomic E-state index is 0.176. The first-order chi connectivity index (χ1) is 8.11. The van der Waals surface area contributed by atoms with Crippen LogP contribution in [0.4, 0.5) is 0 Å². The Hall–Kier alpha value is -1.39. The van der Waals surface area contributed by atoms with E-state index in [0.29, 0.717) is 6.04 Å². The standard InChI is InChI=1S/C12H20N4O/c1-9(2)11(16-8-6-13-14-16)12(17)15-7-4-5-10(15)3/h6,8-11H,4-5,7H2,1-3H3. The van der Waals surface area contributed by atoms with E-state index in [9.17, 15) is 4.79 Å². The summed E-state index contributed by atoms with van der Waals surface area (Å²) in [5.74, 6) is 0.396. The van der Waals surface area contributed by atoms with Gasteiger partial charge in [0, 0.05) is 18.8 Å². The Morgan fingerprint density at radius 3 is 2.71 bits per heavy atom. The molecule has 5 heteroatoms. The topological polar surface area (TPSA) is 51.0 Å². The Morgan fingerprint density at radius 1 is 1.47 bits per heavy atom. The van der Waals surface area contributed by atoms with Gasteiger partial charge in [0.25, 0.3) is 0 Å². The van der Waals surface area contributed by atoms with Crippen molar-refractivity contribution in [3.8, 4) is 0 Å². The van der Waals surface area contributed by atoms with Crippen LogP contribution in [-0.2, 0) is 4.79 Å². The Morgan fingerprint density at radius 2 is 2.24 bits per heavy atom. The number of rotatable bonds is 3. The van der Waals surface area contributed by atoms with Gasteiger partial charge in [0.2, 0.25) is 5.91 Å². The molecular weight excluding hydrogens is 216 g/mol. The Balaban J connectivity index is 2.19. The Bertz CT molecular complexity index is 374. The molecule has 1 amide bonds. The van der Waals surface area contributed by atoms with Crippen LogP contribution >= 0.6 is 0 Å². The highest BCUT2D eigenvalue weighted by Gasteiger charge is 2.33. The predicted octanol–water partition coefficient (Wildman–Crippen LogP) is 1.49. The molecule has 2 heterocycles. The summed E-state index contributed by atoms with van der Waals surface area (Å²) < 4.78 is 1.68. The van der Waals surface area contributed by atoms with Gasteiger partial charge in [-0.2, -0.15) is 0 Å². The molecule has 5 nitrogen and oxygen atoms in total. The van der Waals surface area contributed by atoms with E-state index >= 15 is 0 Å². The molecule has 2 unspecified atom stereocenters. The fourth-order valence-corrected chi connectivity index (χ4v) is 2.50. The lowest BCUT2D eigenvalue weighted by Gasteiger charge is -2.28. The van der Waals surface area contributed by atoms with Crippen molar-refractivity contribution in [2.75, 3.05) is 6.54 Å². The van der Waals surface area contributed by atoms with Crippen LogP contribution < -0.4 is 0 Å². The maximum Gasteiger partial charge on any atom is 0.248 e. The van der Waals surface area contributed by atoms with E-state index < -0.39 is 0 Å². The SMILES string of the molecule is CC(C)C(C(=O)N1CCCC1C)n1ccnn1. The molecule has 1 aliphatic rings. The van der Waals surface area contributed by atoms with Crippen molar-refractivity contribution < 1.29 is 4.79 Å². The second-order valence-corrected chi connectivity index (χ2v) is 5.09. The molecule has 0 aliphatic carbocycles. The monoisotopic (exact) mass is 236 g/mol. The van der Waals surface area contributed by atoms with E-state index in [0.717, 1.165) is 19.4 Å². The zero-order valence-electron chi connectivity index (χ0n) is 10.7. The van der Waals surface area contributed by atoms with Gasteiger partial charge in [0.1, 0.15) is 6.04 Å².